The highest BCUT2D eigenvalue weighted by atomic mass is 32.2. The second kappa shape index (κ2) is 6.12. The summed E-state index contributed by atoms with van der Waals surface area (Å²) in [5.74, 6) is 0. The summed E-state index contributed by atoms with van der Waals surface area (Å²) in [6, 6.07) is 4.23. The monoisotopic (exact) mass is 337 g/mol. The van der Waals surface area contributed by atoms with Gasteiger partial charge in [0, 0.05) is 44.6 Å². The summed E-state index contributed by atoms with van der Waals surface area (Å²) in [6.45, 7) is 3.56. The molecule has 0 spiro atoms. The van der Waals surface area contributed by atoms with E-state index in [9.17, 15) is 8.42 Å². The number of rotatable bonds is 5. The fourth-order valence-corrected chi connectivity index (χ4v) is 5.46. The van der Waals surface area contributed by atoms with Crippen molar-refractivity contribution in [2.75, 3.05) is 26.2 Å². The first kappa shape index (κ1) is 15.5. The molecule has 3 aliphatic rings. The summed E-state index contributed by atoms with van der Waals surface area (Å²) in [7, 11) is -3.04. The van der Waals surface area contributed by atoms with Gasteiger partial charge in [0.1, 0.15) is 0 Å². The first-order valence-corrected chi connectivity index (χ1v) is 9.87. The molecule has 0 N–H and O–H groups in total. The Balaban J connectivity index is 1.33. The zero-order valence-corrected chi connectivity index (χ0v) is 14.0. The molecule has 3 heterocycles. The van der Waals surface area contributed by atoms with Crippen molar-refractivity contribution in [2.24, 2.45) is 0 Å². The number of sulfonamides is 1. The zero-order chi connectivity index (χ0) is 15.9. The quantitative estimate of drug-likeness (QED) is 0.797. The van der Waals surface area contributed by atoms with E-state index < -0.39 is 10.0 Å². The maximum absolute atomic E-state index is 12.4. The topological polar surface area (TPSA) is 62.7 Å². The molecule has 0 amide bonds. The van der Waals surface area contributed by atoms with Gasteiger partial charge in [-0.15, -0.1) is 0 Å². The van der Waals surface area contributed by atoms with Crippen LogP contribution >= 0.6 is 0 Å². The van der Waals surface area contributed by atoms with Crippen LogP contribution in [-0.2, 0) is 21.4 Å². The molecule has 7 heteroatoms. The molecule has 2 aliphatic heterocycles. The molecule has 3 fully saturated rings. The van der Waals surface area contributed by atoms with Crippen LogP contribution in [-0.4, -0.2) is 66.2 Å². The van der Waals surface area contributed by atoms with Crippen molar-refractivity contribution in [3.63, 3.8) is 0 Å². The van der Waals surface area contributed by atoms with Crippen LogP contribution in [0.2, 0.25) is 0 Å². The molecule has 2 saturated heterocycles. The molecule has 126 valence electrons. The Kier molecular flexibility index (Phi) is 4.13. The van der Waals surface area contributed by atoms with Crippen molar-refractivity contribution in [1.82, 2.24) is 14.2 Å². The third kappa shape index (κ3) is 3.28. The number of hydrogen-bond acceptors (Lipinski definition) is 5. The van der Waals surface area contributed by atoms with Gasteiger partial charge in [0.25, 0.3) is 0 Å². The van der Waals surface area contributed by atoms with Gasteiger partial charge in [0.05, 0.1) is 18.0 Å². The smallest absolute Gasteiger partial charge is 0.217 e. The van der Waals surface area contributed by atoms with Gasteiger partial charge in [-0.05, 0) is 30.9 Å². The van der Waals surface area contributed by atoms with Crippen molar-refractivity contribution in [2.45, 2.75) is 43.3 Å². The average molecular weight is 337 g/mol. The lowest BCUT2D eigenvalue weighted by Crippen LogP contribution is -2.52. The van der Waals surface area contributed by atoms with Crippen LogP contribution in [0.25, 0.3) is 0 Å². The Hall–Kier alpha value is -1.02. The Bertz CT molecular complexity index is 648. The number of piperazine rings is 1. The highest BCUT2D eigenvalue weighted by Gasteiger charge is 2.45. The van der Waals surface area contributed by atoms with E-state index in [2.05, 4.69) is 9.88 Å². The lowest BCUT2D eigenvalue weighted by molar-refractivity contribution is 0.0465. The van der Waals surface area contributed by atoms with E-state index in [4.69, 9.17) is 4.74 Å². The Morgan fingerprint density at radius 2 is 2.13 bits per heavy atom. The Morgan fingerprint density at radius 1 is 1.26 bits per heavy atom. The minimum absolute atomic E-state index is 0.104. The number of ether oxygens (including phenoxy) is 1. The fourth-order valence-electron chi connectivity index (χ4n) is 3.59. The summed E-state index contributed by atoms with van der Waals surface area (Å²) < 4.78 is 32.5. The minimum Gasteiger partial charge on any atom is -0.372 e. The van der Waals surface area contributed by atoms with Gasteiger partial charge in [-0.25, -0.2) is 8.42 Å². The molecular weight excluding hydrogens is 314 g/mol. The highest BCUT2D eigenvalue weighted by Crippen LogP contribution is 2.33. The minimum atomic E-state index is -3.04. The second-order valence-electron chi connectivity index (χ2n) is 6.78. The molecule has 1 aromatic heterocycles. The van der Waals surface area contributed by atoms with Crippen LogP contribution in [0.5, 0.6) is 0 Å². The van der Waals surface area contributed by atoms with Crippen molar-refractivity contribution >= 4 is 10.0 Å². The van der Waals surface area contributed by atoms with Crippen molar-refractivity contribution < 1.29 is 13.2 Å². The third-order valence-electron chi connectivity index (χ3n) is 5.05. The van der Waals surface area contributed by atoms with Gasteiger partial charge in [0.2, 0.25) is 10.0 Å². The van der Waals surface area contributed by atoms with E-state index >= 15 is 0 Å². The molecule has 4 rings (SSSR count). The second-order valence-corrected chi connectivity index (χ2v) is 8.99. The van der Waals surface area contributed by atoms with Crippen LogP contribution in [0.15, 0.2) is 24.5 Å². The number of hydrogen-bond donors (Lipinski definition) is 0. The van der Waals surface area contributed by atoms with Gasteiger partial charge in [-0.1, -0.05) is 6.07 Å². The molecule has 1 saturated carbocycles. The SMILES string of the molecule is O=S(=O)(C1CC1)N1CCN2C[C@H](OCc3cccnc3)C[C@@H]2C1. The molecule has 0 unspecified atom stereocenters. The Morgan fingerprint density at radius 3 is 2.87 bits per heavy atom. The summed E-state index contributed by atoms with van der Waals surface area (Å²) >= 11 is 0. The standard InChI is InChI=1S/C16H23N3O3S/c20-23(21,16-3-4-16)19-7-6-18-11-15(8-14(18)10-19)22-12-13-2-1-5-17-9-13/h1-2,5,9,14-16H,3-4,6-8,10-12H2/t14-,15-/m1/s1. The molecule has 0 radical (unpaired) electrons. The predicted molar refractivity (Wildman–Crippen MR) is 86.3 cm³/mol. The molecule has 0 bridgehead atoms. The van der Waals surface area contributed by atoms with Crippen molar-refractivity contribution in [1.29, 1.82) is 0 Å². The fraction of sp³-hybridized carbons (Fsp3) is 0.688. The van der Waals surface area contributed by atoms with Gasteiger partial charge < -0.3 is 4.74 Å². The predicted octanol–water partition coefficient (Wildman–Crippen LogP) is 0.849. The first-order chi connectivity index (χ1) is 11.1. The molecule has 1 aromatic rings. The summed E-state index contributed by atoms with van der Waals surface area (Å²) in [4.78, 5) is 6.48. The van der Waals surface area contributed by atoms with Crippen LogP contribution < -0.4 is 0 Å². The maximum atomic E-state index is 12.4. The molecule has 0 aromatic carbocycles. The van der Waals surface area contributed by atoms with Gasteiger partial charge in [-0.3, -0.25) is 9.88 Å². The lowest BCUT2D eigenvalue weighted by Gasteiger charge is -2.36. The average Bonchev–Trinajstić information content (AvgIpc) is 3.34. The third-order valence-corrected chi connectivity index (χ3v) is 7.42. The van der Waals surface area contributed by atoms with E-state index in [-0.39, 0.29) is 11.4 Å². The number of fused-ring (bicyclic) bond motifs is 1. The Labute approximate surface area is 137 Å². The van der Waals surface area contributed by atoms with E-state index in [0.717, 1.165) is 37.9 Å². The van der Waals surface area contributed by atoms with Gasteiger partial charge in [-0.2, -0.15) is 4.31 Å². The number of nitrogens with zero attached hydrogens (tertiary/aromatic N) is 3. The van der Waals surface area contributed by atoms with Gasteiger partial charge in [0.15, 0.2) is 0 Å². The number of aromatic nitrogens is 1. The zero-order valence-electron chi connectivity index (χ0n) is 13.2. The van der Waals surface area contributed by atoms with Crippen LogP contribution in [0.1, 0.15) is 24.8 Å². The summed E-state index contributed by atoms with van der Waals surface area (Å²) in [5.41, 5.74) is 1.08. The molecule has 1 aliphatic carbocycles. The highest BCUT2D eigenvalue weighted by molar-refractivity contribution is 7.90. The molecule has 23 heavy (non-hydrogen) atoms. The van der Waals surface area contributed by atoms with Crippen LogP contribution in [0, 0.1) is 0 Å². The first-order valence-electron chi connectivity index (χ1n) is 8.36. The molecule has 6 nitrogen and oxygen atoms in total. The van der Waals surface area contributed by atoms with E-state index in [1.54, 1.807) is 10.5 Å². The van der Waals surface area contributed by atoms with E-state index in [0.29, 0.717) is 25.7 Å². The van der Waals surface area contributed by atoms with Crippen molar-refractivity contribution in [3.05, 3.63) is 30.1 Å². The van der Waals surface area contributed by atoms with E-state index in [1.807, 2.05) is 18.3 Å². The normalized spacial score (nSPS) is 29.6. The molecule has 2 atom stereocenters. The lowest BCUT2D eigenvalue weighted by atomic mass is 10.1. The maximum Gasteiger partial charge on any atom is 0.217 e. The summed E-state index contributed by atoms with van der Waals surface area (Å²) in [5, 5.41) is -0.104. The van der Waals surface area contributed by atoms with Crippen molar-refractivity contribution in [3.8, 4) is 0 Å². The molecular formula is C16H23N3O3S. The van der Waals surface area contributed by atoms with Gasteiger partial charge >= 0.3 is 0 Å². The van der Waals surface area contributed by atoms with E-state index in [1.165, 1.54) is 0 Å². The van der Waals surface area contributed by atoms with Crippen LogP contribution in [0.3, 0.4) is 0 Å². The largest absolute Gasteiger partial charge is 0.372 e. The van der Waals surface area contributed by atoms with Crippen LogP contribution in [0.4, 0.5) is 0 Å². The summed E-state index contributed by atoms with van der Waals surface area (Å²) in [6.07, 6.45) is 6.36. The number of pyridine rings is 1.